The minimum atomic E-state index is -0.591. The first-order valence-electron chi connectivity index (χ1n) is 8.90. The van der Waals surface area contributed by atoms with Crippen LogP contribution < -0.4 is 0 Å². The Morgan fingerprint density at radius 2 is 1.44 bits per heavy atom. The van der Waals surface area contributed by atoms with Crippen molar-refractivity contribution in [1.29, 1.82) is 0 Å². The SMILES string of the molecule is CC(C)(c1ccc(O)c(C2CCCCC2)c1)c1ccc(O)c(O)c1O. The van der Waals surface area contributed by atoms with Crippen molar-refractivity contribution in [1.82, 2.24) is 0 Å². The van der Waals surface area contributed by atoms with Gasteiger partial charge in [-0.3, -0.25) is 0 Å². The lowest BCUT2D eigenvalue weighted by Gasteiger charge is -2.30. The number of phenolic OH excluding ortho intramolecular Hbond substituents is 4. The Hall–Kier alpha value is -2.36. The third kappa shape index (κ3) is 3.13. The molecule has 0 amide bonds. The number of aromatic hydroxyl groups is 4. The molecule has 25 heavy (non-hydrogen) atoms. The van der Waals surface area contributed by atoms with Crippen LogP contribution in [0.1, 0.15) is 68.6 Å². The van der Waals surface area contributed by atoms with Crippen LogP contribution in [0.4, 0.5) is 0 Å². The highest BCUT2D eigenvalue weighted by molar-refractivity contribution is 5.58. The average molecular weight is 342 g/mol. The monoisotopic (exact) mass is 342 g/mol. The van der Waals surface area contributed by atoms with Crippen molar-refractivity contribution in [3.63, 3.8) is 0 Å². The van der Waals surface area contributed by atoms with Gasteiger partial charge < -0.3 is 20.4 Å². The first kappa shape index (κ1) is 17.5. The molecular formula is C21H26O4. The van der Waals surface area contributed by atoms with Gasteiger partial charge in [-0.1, -0.05) is 51.3 Å². The Balaban J connectivity index is 2.04. The van der Waals surface area contributed by atoms with E-state index >= 15 is 0 Å². The number of phenols is 4. The van der Waals surface area contributed by atoms with Crippen molar-refractivity contribution >= 4 is 0 Å². The molecule has 0 bridgehead atoms. The standard InChI is InChI=1S/C21H26O4/c1-21(2,16-9-11-18(23)20(25)19(16)24)14-8-10-17(22)15(12-14)13-6-4-3-5-7-13/h8-13,22-25H,3-7H2,1-2H3. The van der Waals surface area contributed by atoms with Crippen LogP contribution in [0.5, 0.6) is 23.0 Å². The summed E-state index contributed by atoms with van der Waals surface area (Å²) >= 11 is 0. The molecule has 0 radical (unpaired) electrons. The topological polar surface area (TPSA) is 80.9 Å². The molecule has 0 aliphatic heterocycles. The summed E-state index contributed by atoms with van der Waals surface area (Å²) in [6.07, 6.45) is 5.79. The summed E-state index contributed by atoms with van der Waals surface area (Å²) < 4.78 is 0. The van der Waals surface area contributed by atoms with Crippen LogP contribution >= 0.6 is 0 Å². The maximum absolute atomic E-state index is 10.3. The minimum absolute atomic E-state index is 0.308. The molecule has 4 N–H and O–H groups in total. The smallest absolute Gasteiger partial charge is 0.200 e. The molecule has 1 aliphatic rings. The lowest BCUT2D eigenvalue weighted by Crippen LogP contribution is -2.20. The third-order valence-corrected chi connectivity index (χ3v) is 5.60. The first-order chi connectivity index (χ1) is 11.8. The zero-order valence-electron chi connectivity index (χ0n) is 14.8. The molecule has 0 saturated heterocycles. The molecule has 4 heteroatoms. The second-order valence-corrected chi connectivity index (χ2v) is 7.56. The van der Waals surface area contributed by atoms with Gasteiger partial charge in [0.15, 0.2) is 11.5 Å². The highest BCUT2D eigenvalue weighted by Crippen LogP contribution is 2.46. The molecule has 0 atom stereocenters. The third-order valence-electron chi connectivity index (χ3n) is 5.60. The summed E-state index contributed by atoms with van der Waals surface area (Å²) in [4.78, 5) is 0. The van der Waals surface area contributed by atoms with Crippen LogP contribution in [0, 0.1) is 0 Å². The van der Waals surface area contributed by atoms with Gasteiger partial charge in [0.25, 0.3) is 0 Å². The van der Waals surface area contributed by atoms with Gasteiger partial charge in [0, 0.05) is 11.0 Å². The van der Waals surface area contributed by atoms with Crippen molar-refractivity contribution in [2.24, 2.45) is 0 Å². The van der Waals surface area contributed by atoms with Crippen LogP contribution in [0.2, 0.25) is 0 Å². The van der Waals surface area contributed by atoms with Gasteiger partial charge in [-0.05, 0) is 42.0 Å². The molecule has 1 fully saturated rings. The summed E-state index contributed by atoms with van der Waals surface area (Å²) in [6, 6.07) is 8.60. The molecule has 2 aromatic carbocycles. The molecule has 0 heterocycles. The van der Waals surface area contributed by atoms with E-state index in [4.69, 9.17) is 0 Å². The largest absolute Gasteiger partial charge is 0.508 e. The Kier molecular flexibility index (Phi) is 4.55. The molecular weight excluding hydrogens is 316 g/mol. The van der Waals surface area contributed by atoms with E-state index in [2.05, 4.69) is 0 Å². The summed E-state index contributed by atoms with van der Waals surface area (Å²) in [5.74, 6) is -0.463. The number of hydrogen-bond donors (Lipinski definition) is 4. The fraction of sp³-hybridized carbons (Fsp3) is 0.429. The van der Waals surface area contributed by atoms with Gasteiger partial charge in [-0.2, -0.15) is 0 Å². The second-order valence-electron chi connectivity index (χ2n) is 7.56. The van der Waals surface area contributed by atoms with E-state index < -0.39 is 11.2 Å². The van der Waals surface area contributed by atoms with Crippen LogP contribution in [0.25, 0.3) is 0 Å². The summed E-state index contributed by atoms with van der Waals surface area (Å²) in [6.45, 7) is 3.91. The zero-order valence-corrected chi connectivity index (χ0v) is 14.8. The van der Waals surface area contributed by atoms with E-state index in [9.17, 15) is 20.4 Å². The molecule has 134 valence electrons. The van der Waals surface area contributed by atoms with Gasteiger partial charge in [-0.25, -0.2) is 0 Å². The van der Waals surface area contributed by atoms with Crippen LogP contribution in [0.3, 0.4) is 0 Å². The van der Waals surface area contributed by atoms with Crippen molar-refractivity contribution in [2.45, 2.75) is 57.3 Å². The van der Waals surface area contributed by atoms with Crippen molar-refractivity contribution in [3.8, 4) is 23.0 Å². The summed E-state index contributed by atoms with van der Waals surface area (Å²) in [7, 11) is 0. The Bertz CT molecular complexity index is 774. The van der Waals surface area contributed by atoms with Crippen molar-refractivity contribution in [2.75, 3.05) is 0 Å². The maximum Gasteiger partial charge on any atom is 0.200 e. The van der Waals surface area contributed by atoms with Gasteiger partial charge in [0.1, 0.15) is 5.75 Å². The zero-order chi connectivity index (χ0) is 18.2. The van der Waals surface area contributed by atoms with E-state index in [1.165, 1.54) is 25.3 Å². The summed E-state index contributed by atoms with van der Waals surface area (Å²) in [5, 5.41) is 40.1. The molecule has 1 saturated carbocycles. The Morgan fingerprint density at radius 3 is 2.12 bits per heavy atom. The maximum atomic E-state index is 10.3. The van der Waals surface area contributed by atoms with Gasteiger partial charge >= 0.3 is 0 Å². The van der Waals surface area contributed by atoms with Gasteiger partial charge in [-0.15, -0.1) is 0 Å². The first-order valence-corrected chi connectivity index (χ1v) is 8.90. The molecule has 4 nitrogen and oxygen atoms in total. The average Bonchev–Trinajstić information content (AvgIpc) is 2.60. The molecule has 0 spiro atoms. The highest BCUT2D eigenvalue weighted by Gasteiger charge is 2.30. The molecule has 3 rings (SSSR count). The fourth-order valence-electron chi connectivity index (χ4n) is 3.91. The fourth-order valence-corrected chi connectivity index (χ4v) is 3.91. The Morgan fingerprint density at radius 1 is 0.800 bits per heavy atom. The lowest BCUT2D eigenvalue weighted by atomic mass is 9.75. The quantitative estimate of drug-likeness (QED) is 0.599. The van der Waals surface area contributed by atoms with E-state index in [0.29, 0.717) is 17.2 Å². The molecule has 0 aromatic heterocycles. The number of hydrogen-bond acceptors (Lipinski definition) is 4. The van der Waals surface area contributed by atoms with Crippen molar-refractivity contribution < 1.29 is 20.4 Å². The predicted octanol–water partition coefficient (Wildman–Crippen LogP) is 4.88. The lowest BCUT2D eigenvalue weighted by molar-refractivity contribution is 0.360. The number of benzene rings is 2. The highest BCUT2D eigenvalue weighted by atomic mass is 16.3. The molecule has 1 aliphatic carbocycles. The number of rotatable bonds is 3. The van der Waals surface area contributed by atoms with Crippen LogP contribution in [-0.2, 0) is 5.41 Å². The van der Waals surface area contributed by atoms with E-state index in [-0.39, 0.29) is 11.5 Å². The van der Waals surface area contributed by atoms with Crippen LogP contribution in [0.15, 0.2) is 30.3 Å². The van der Waals surface area contributed by atoms with E-state index in [0.717, 1.165) is 24.0 Å². The van der Waals surface area contributed by atoms with E-state index in [1.807, 2.05) is 26.0 Å². The Labute approximate surface area is 148 Å². The van der Waals surface area contributed by atoms with Gasteiger partial charge in [0.05, 0.1) is 0 Å². The minimum Gasteiger partial charge on any atom is -0.508 e. The van der Waals surface area contributed by atoms with Gasteiger partial charge in [0.2, 0.25) is 5.75 Å². The molecule has 2 aromatic rings. The van der Waals surface area contributed by atoms with E-state index in [1.54, 1.807) is 12.1 Å². The normalized spacial score (nSPS) is 16.1. The second kappa shape index (κ2) is 6.51. The predicted molar refractivity (Wildman–Crippen MR) is 97.5 cm³/mol. The molecule has 0 unspecified atom stereocenters. The summed E-state index contributed by atoms with van der Waals surface area (Å²) in [5.41, 5.74) is 1.86. The van der Waals surface area contributed by atoms with Crippen molar-refractivity contribution in [3.05, 3.63) is 47.0 Å². The van der Waals surface area contributed by atoms with Crippen LogP contribution in [-0.4, -0.2) is 20.4 Å².